The topological polar surface area (TPSA) is 12.0 Å². The lowest BCUT2D eigenvalue weighted by Gasteiger charge is -2.22. The molecule has 0 aromatic carbocycles. The van der Waals surface area contributed by atoms with Crippen LogP contribution in [0.4, 0.5) is 0 Å². The van der Waals surface area contributed by atoms with E-state index in [9.17, 15) is 0 Å². The zero-order valence-corrected chi connectivity index (χ0v) is 10.5. The smallest absolute Gasteiger partial charge is 0.00952 e. The molecule has 1 nitrogen and oxygen atoms in total. The Kier molecular flexibility index (Phi) is 3.81. The Morgan fingerprint density at radius 2 is 2.40 bits per heavy atom. The van der Waals surface area contributed by atoms with Gasteiger partial charge in [-0.1, -0.05) is 13.3 Å². The second-order valence-electron chi connectivity index (χ2n) is 4.92. The molecule has 1 N–H and O–H groups in total. The first-order valence-corrected chi connectivity index (χ1v) is 6.97. The fourth-order valence-corrected chi connectivity index (χ4v) is 3.26. The monoisotopic (exact) mass is 223 g/mol. The predicted molar refractivity (Wildman–Crippen MR) is 67.4 cm³/mol. The predicted octanol–water partition coefficient (Wildman–Crippen LogP) is 3.46. The molecule has 1 saturated carbocycles. The maximum Gasteiger partial charge on any atom is 0.00952 e. The van der Waals surface area contributed by atoms with Gasteiger partial charge in [-0.3, -0.25) is 0 Å². The Morgan fingerprint density at radius 3 is 3.00 bits per heavy atom. The third-order valence-electron chi connectivity index (χ3n) is 3.48. The van der Waals surface area contributed by atoms with Gasteiger partial charge in [-0.25, -0.2) is 0 Å². The van der Waals surface area contributed by atoms with E-state index in [-0.39, 0.29) is 0 Å². The summed E-state index contributed by atoms with van der Waals surface area (Å²) in [5.41, 5.74) is 1.48. The summed E-state index contributed by atoms with van der Waals surface area (Å²) in [6, 6.07) is 3.62. The lowest BCUT2D eigenvalue weighted by atomic mass is 10.0. The number of hydrogen-bond acceptors (Lipinski definition) is 2. The zero-order valence-electron chi connectivity index (χ0n) is 9.70. The van der Waals surface area contributed by atoms with Gasteiger partial charge in [0.05, 0.1) is 0 Å². The molecule has 0 radical (unpaired) electrons. The Balaban J connectivity index is 1.79. The van der Waals surface area contributed by atoms with Gasteiger partial charge in [0.25, 0.3) is 0 Å². The number of nitrogens with one attached hydrogen (secondary N) is 1. The molecule has 2 heteroatoms. The van der Waals surface area contributed by atoms with E-state index in [1.807, 2.05) is 0 Å². The summed E-state index contributed by atoms with van der Waals surface area (Å²) in [5.74, 6) is 0.870. The van der Waals surface area contributed by atoms with Crippen LogP contribution in [0.25, 0.3) is 0 Å². The Hall–Kier alpha value is -0.340. The molecular weight excluding hydrogens is 202 g/mol. The van der Waals surface area contributed by atoms with E-state index in [2.05, 4.69) is 36.0 Å². The molecule has 0 aliphatic heterocycles. The molecule has 1 fully saturated rings. The van der Waals surface area contributed by atoms with Crippen LogP contribution >= 0.6 is 11.3 Å². The van der Waals surface area contributed by atoms with Crippen molar-refractivity contribution in [2.24, 2.45) is 5.92 Å². The molecule has 3 unspecified atom stereocenters. The van der Waals surface area contributed by atoms with Gasteiger partial charge in [0, 0.05) is 12.1 Å². The molecule has 0 spiro atoms. The minimum atomic E-state index is 0.616. The van der Waals surface area contributed by atoms with E-state index in [1.165, 1.54) is 31.2 Å². The van der Waals surface area contributed by atoms with Gasteiger partial charge in [0.1, 0.15) is 0 Å². The minimum absolute atomic E-state index is 0.616. The molecule has 0 saturated heterocycles. The quantitative estimate of drug-likeness (QED) is 0.824. The highest BCUT2D eigenvalue weighted by Crippen LogP contribution is 2.25. The number of hydrogen-bond donors (Lipinski definition) is 1. The van der Waals surface area contributed by atoms with Gasteiger partial charge in [-0.2, -0.15) is 11.3 Å². The second kappa shape index (κ2) is 5.13. The lowest BCUT2D eigenvalue weighted by Crippen LogP contribution is -2.39. The molecule has 1 aromatic rings. The summed E-state index contributed by atoms with van der Waals surface area (Å²) in [6.07, 6.45) is 5.36. The molecule has 1 heterocycles. The number of rotatable bonds is 4. The van der Waals surface area contributed by atoms with Gasteiger partial charge in [0.2, 0.25) is 0 Å². The molecule has 84 valence electrons. The molecule has 1 aromatic heterocycles. The van der Waals surface area contributed by atoms with Crippen molar-refractivity contribution in [2.45, 2.75) is 51.6 Å². The first-order chi connectivity index (χ1) is 7.25. The van der Waals surface area contributed by atoms with Crippen molar-refractivity contribution in [1.82, 2.24) is 5.32 Å². The maximum absolute atomic E-state index is 3.77. The Labute approximate surface area is 96.9 Å². The van der Waals surface area contributed by atoms with Gasteiger partial charge in [-0.15, -0.1) is 0 Å². The van der Waals surface area contributed by atoms with E-state index in [0.29, 0.717) is 6.04 Å². The molecule has 1 aliphatic rings. The van der Waals surface area contributed by atoms with Crippen molar-refractivity contribution in [2.75, 3.05) is 0 Å². The van der Waals surface area contributed by atoms with Crippen molar-refractivity contribution < 1.29 is 0 Å². The maximum atomic E-state index is 3.77. The highest BCUT2D eigenvalue weighted by atomic mass is 32.1. The van der Waals surface area contributed by atoms with Gasteiger partial charge < -0.3 is 5.32 Å². The largest absolute Gasteiger partial charge is 0.311 e. The molecule has 2 rings (SSSR count). The van der Waals surface area contributed by atoms with Crippen LogP contribution in [-0.2, 0) is 6.42 Å². The molecular formula is C13H21NS. The van der Waals surface area contributed by atoms with Crippen molar-refractivity contribution in [1.29, 1.82) is 0 Å². The highest BCUT2D eigenvalue weighted by molar-refractivity contribution is 7.07. The molecule has 15 heavy (non-hydrogen) atoms. The van der Waals surface area contributed by atoms with E-state index in [1.54, 1.807) is 11.3 Å². The average Bonchev–Trinajstić information content (AvgIpc) is 2.79. The third kappa shape index (κ3) is 3.05. The summed E-state index contributed by atoms with van der Waals surface area (Å²) < 4.78 is 0. The molecule has 3 atom stereocenters. The average molecular weight is 223 g/mol. The van der Waals surface area contributed by atoms with Crippen LogP contribution in [0.15, 0.2) is 16.8 Å². The lowest BCUT2D eigenvalue weighted by molar-refractivity contribution is 0.382. The summed E-state index contributed by atoms with van der Waals surface area (Å²) in [4.78, 5) is 0. The van der Waals surface area contributed by atoms with Crippen LogP contribution < -0.4 is 5.32 Å². The van der Waals surface area contributed by atoms with Gasteiger partial charge in [-0.05, 0) is 54.5 Å². The first kappa shape index (κ1) is 11.2. The van der Waals surface area contributed by atoms with Crippen molar-refractivity contribution >= 4 is 11.3 Å². The summed E-state index contributed by atoms with van der Waals surface area (Å²) in [7, 11) is 0. The van der Waals surface area contributed by atoms with Crippen LogP contribution in [0.3, 0.4) is 0 Å². The van der Waals surface area contributed by atoms with E-state index in [0.717, 1.165) is 12.0 Å². The fourth-order valence-electron chi connectivity index (χ4n) is 2.58. The third-order valence-corrected chi connectivity index (χ3v) is 4.21. The normalized spacial score (nSPS) is 28.1. The zero-order chi connectivity index (χ0) is 10.7. The minimum Gasteiger partial charge on any atom is -0.311 e. The second-order valence-corrected chi connectivity index (χ2v) is 5.70. The Morgan fingerprint density at radius 1 is 1.53 bits per heavy atom. The van der Waals surface area contributed by atoms with Crippen LogP contribution in [0, 0.1) is 5.92 Å². The highest BCUT2D eigenvalue weighted by Gasteiger charge is 2.24. The summed E-state index contributed by atoms with van der Waals surface area (Å²) >= 11 is 1.80. The summed E-state index contributed by atoms with van der Waals surface area (Å²) in [5, 5.41) is 8.20. The van der Waals surface area contributed by atoms with Gasteiger partial charge >= 0.3 is 0 Å². The molecule has 0 amide bonds. The Bertz CT molecular complexity index is 281. The van der Waals surface area contributed by atoms with E-state index in [4.69, 9.17) is 0 Å². The van der Waals surface area contributed by atoms with Crippen molar-refractivity contribution in [3.8, 4) is 0 Å². The van der Waals surface area contributed by atoms with Crippen LogP contribution in [-0.4, -0.2) is 12.1 Å². The van der Waals surface area contributed by atoms with Crippen molar-refractivity contribution in [3.63, 3.8) is 0 Å². The SMILES string of the molecule is CC(Cc1ccsc1)NC1CCCC1C. The molecule has 1 aliphatic carbocycles. The van der Waals surface area contributed by atoms with Crippen LogP contribution in [0.1, 0.15) is 38.7 Å². The summed E-state index contributed by atoms with van der Waals surface area (Å²) in [6.45, 7) is 4.69. The standard InChI is InChI=1S/C13H21NS/c1-10-4-3-5-13(10)14-11(2)8-12-6-7-15-9-12/h6-7,9-11,13-14H,3-5,8H2,1-2H3. The number of thiophene rings is 1. The van der Waals surface area contributed by atoms with Crippen molar-refractivity contribution in [3.05, 3.63) is 22.4 Å². The molecule has 0 bridgehead atoms. The van der Waals surface area contributed by atoms with E-state index < -0.39 is 0 Å². The van der Waals surface area contributed by atoms with Gasteiger partial charge in [0.15, 0.2) is 0 Å². The fraction of sp³-hybridized carbons (Fsp3) is 0.692. The van der Waals surface area contributed by atoms with Crippen LogP contribution in [0.5, 0.6) is 0 Å². The van der Waals surface area contributed by atoms with E-state index >= 15 is 0 Å². The first-order valence-electron chi connectivity index (χ1n) is 6.03. The van der Waals surface area contributed by atoms with Crippen LogP contribution in [0.2, 0.25) is 0 Å².